The number of aromatic nitrogens is 3. The average Bonchev–Trinajstić information content (AvgIpc) is 2.97. The fourth-order valence-corrected chi connectivity index (χ4v) is 6.57. The first-order valence-electron chi connectivity index (χ1n) is 14.1. The third-order valence-electron chi connectivity index (χ3n) is 7.94. The van der Waals surface area contributed by atoms with Crippen molar-refractivity contribution in [1.29, 1.82) is 0 Å². The van der Waals surface area contributed by atoms with Crippen molar-refractivity contribution in [1.82, 2.24) is 19.4 Å². The highest BCUT2D eigenvalue weighted by atomic mass is 35.5. The molecular formula is C32H33ClFN5O4S. The highest BCUT2D eigenvalue weighted by molar-refractivity contribution is 7.90. The number of nitrogens with zero attached hydrogens (tertiary/aromatic N) is 5. The van der Waals surface area contributed by atoms with Crippen LogP contribution in [0.3, 0.4) is 0 Å². The number of hydrogen-bond donors (Lipinski definition) is 0. The van der Waals surface area contributed by atoms with E-state index < -0.39 is 21.3 Å². The first kappa shape index (κ1) is 31.3. The van der Waals surface area contributed by atoms with E-state index in [1.165, 1.54) is 22.8 Å². The number of hydrogen-bond acceptors (Lipinski definition) is 7. The van der Waals surface area contributed by atoms with Crippen molar-refractivity contribution in [2.24, 2.45) is 0 Å². The lowest BCUT2D eigenvalue weighted by Gasteiger charge is -2.44. The zero-order valence-corrected chi connectivity index (χ0v) is 26.7. The van der Waals surface area contributed by atoms with Crippen LogP contribution in [0.25, 0.3) is 28.0 Å². The lowest BCUT2D eigenvalue weighted by molar-refractivity contribution is -0.128. The predicted octanol–water partition coefficient (Wildman–Crippen LogP) is 5.38. The van der Waals surface area contributed by atoms with Gasteiger partial charge in [-0.1, -0.05) is 44.2 Å². The number of pyridine rings is 1. The summed E-state index contributed by atoms with van der Waals surface area (Å²) < 4.78 is 41.1. The van der Waals surface area contributed by atoms with Crippen LogP contribution in [0.4, 0.5) is 10.2 Å². The number of carbonyl (C=O) groups is 1. The predicted molar refractivity (Wildman–Crippen MR) is 171 cm³/mol. The smallest absolute Gasteiger partial charge is 0.349 e. The highest BCUT2D eigenvalue weighted by Crippen LogP contribution is 2.36. The second-order valence-electron chi connectivity index (χ2n) is 11.4. The SMILES string of the molecule is C=CC(=O)N1CC(C)N(c2nc(=O)n(-c3ccc(S(C)(=O)=O)cc3C(C)C)c3nc(-c4ccccc4F)c(Cl)cc23)CC1C. The molecule has 0 saturated carbocycles. The van der Waals surface area contributed by atoms with E-state index in [4.69, 9.17) is 16.6 Å². The number of halogens is 2. The molecule has 1 aliphatic rings. The van der Waals surface area contributed by atoms with Crippen molar-refractivity contribution in [3.05, 3.63) is 88.1 Å². The van der Waals surface area contributed by atoms with E-state index in [2.05, 4.69) is 11.6 Å². The maximum atomic E-state index is 15.0. The molecular weight excluding hydrogens is 605 g/mol. The molecule has 230 valence electrons. The molecule has 1 aliphatic heterocycles. The summed E-state index contributed by atoms with van der Waals surface area (Å²) in [6, 6.07) is 11.8. The Morgan fingerprint density at radius 1 is 1.09 bits per heavy atom. The molecule has 0 spiro atoms. The zero-order valence-electron chi connectivity index (χ0n) is 25.1. The van der Waals surface area contributed by atoms with Crippen molar-refractivity contribution in [3.8, 4) is 16.9 Å². The molecule has 44 heavy (non-hydrogen) atoms. The summed E-state index contributed by atoms with van der Waals surface area (Å²) in [5.41, 5.74) is 0.824. The average molecular weight is 638 g/mol. The number of sulfone groups is 1. The van der Waals surface area contributed by atoms with Crippen LogP contribution in [0.15, 0.2) is 70.9 Å². The van der Waals surface area contributed by atoms with Crippen LogP contribution in [-0.4, -0.2) is 65.2 Å². The van der Waals surface area contributed by atoms with Crippen molar-refractivity contribution in [3.63, 3.8) is 0 Å². The zero-order chi connectivity index (χ0) is 32.1. The fraction of sp³-hybridized carbons (Fsp3) is 0.312. The summed E-state index contributed by atoms with van der Waals surface area (Å²) in [6.07, 6.45) is 2.40. The maximum Gasteiger partial charge on any atom is 0.355 e. The van der Waals surface area contributed by atoms with Crippen LogP contribution < -0.4 is 10.6 Å². The Balaban J connectivity index is 1.83. The van der Waals surface area contributed by atoms with Gasteiger partial charge in [-0.15, -0.1) is 0 Å². The molecule has 0 N–H and O–H groups in total. The molecule has 2 atom stereocenters. The van der Waals surface area contributed by atoms with Crippen molar-refractivity contribution in [2.75, 3.05) is 24.2 Å². The second kappa shape index (κ2) is 11.8. The van der Waals surface area contributed by atoms with E-state index in [-0.39, 0.29) is 50.7 Å². The van der Waals surface area contributed by atoms with Gasteiger partial charge >= 0.3 is 5.69 Å². The monoisotopic (exact) mass is 637 g/mol. The van der Waals surface area contributed by atoms with E-state index in [9.17, 15) is 22.4 Å². The number of anilines is 1. The van der Waals surface area contributed by atoms with Gasteiger partial charge in [-0.05, 0) is 67.8 Å². The summed E-state index contributed by atoms with van der Waals surface area (Å²) in [6.45, 7) is 12.0. The molecule has 1 saturated heterocycles. The summed E-state index contributed by atoms with van der Waals surface area (Å²) in [7, 11) is -3.53. The topological polar surface area (TPSA) is 105 Å². The summed E-state index contributed by atoms with van der Waals surface area (Å²) >= 11 is 6.77. The van der Waals surface area contributed by atoms with Gasteiger partial charge in [-0.2, -0.15) is 4.98 Å². The summed E-state index contributed by atoms with van der Waals surface area (Å²) in [4.78, 5) is 39.6. The van der Waals surface area contributed by atoms with Gasteiger partial charge in [0.15, 0.2) is 15.5 Å². The van der Waals surface area contributed by atoms with Crippen LogP contribution in [0.1, 0.15) is 39.2 Å². The molecule has 2 unspecified atom stereocenters. The minimum Gasteiger partial charge on any atom is -0.349 e. The lowest BCUT2D eigenvalue weighted by atomic mass is 10.0. The van der Waals surface area contributed by atoms with Crippen LogP contribution in [0.2, 0.25) is 5.02 Å². The van der Waals surface area contributed by atoms with E-state index in [1.807, 2.05) is 32.6 Å². The fourth-order valence-electron chi connectivity index (χ4n) is 5.66. The van der Waals surface area contributed by atoms with Crippen LogP contribution in [0, 0.1) is 5.82 Å². The molecule has 3 heterocycles. The van der Waals surface area contributed by atoms with Gasteiger partial charge in [-0.25, -0.2) is 27.2 Å². The number of amides is 1. The standard InChI is InChI=1S/C32H33ClFN5O4S/c1-7-28(40)37-16-20(5)38(17-19(37)4)30-24-15-25(33)29(22-10-8-9-11-26(22)34)35-31(24)39(32(41)36-30)27-13-12-21(44(6,42)43)14-23(27)18(2)3/h7-15,18-20H,1,16-17H2,2-6H3. The van der Waals surface area contributed by atoms with Gasteiger partial charge in [0.2, 0.25) is 5.91 Å². The highest BCUT2D eigenvalue weighted by Gasteiger charge is 2.34. The molecule has 0 radical (unpaired) electrons. The van der Waals surface area contributed by atoms with Crippen LogP contribution in [0.5, 0.6) is 0 Å². The Hall–Kier alpha value is -4.09. The van der Waals surface area contributed by atoms with E-state index in [0.717, 1.165) is 6.26 Å². The minimum absolute atomic E-state index is 0.115. The van der Waals surface area contributed by atoms with Gasteiger partial charge in [-0.3, -0.25) is 4.79 Å². The van der Waals surface area contributed by atoms with Gasteiger partial charge in [0.1, 0.15) is 11.6 Å². The largest absolute Gasteiger partial charge is 0.355 e. The molecule has 1 fully saturated rings. The summed E-state index contributed by atoms with van der Waals surface area (Å²) in [5, 5.41) is 0.604. The molecule has 9 nitrogen and oxygen atoms in total. The molecule has 0 bridgehead atoms. The molecule has 5 rings (SSSR count). The molecule has 2 aromatic heterocycles. The Labute approximate surface area is 260 Å². The minimum atomic E-state index is -3.53. The normalized spacial score (nSPS) is 17.4. The lowest BCUT2D eigenvalue weighted by Crippen LogP contribution is -2.58. The van der Waals surface area contributed by atoms with Gasteiger partial charge in [0.25, 0.3) is 0 Å². The van der Waals surface area contributed by atoms with Crippen LogP contribution >= 0.6 is 11.6 Å². The van der Waals surface area contributed by atoms with Gasteiger partial charge in [0.05, 0.1) is 26.7 Å². The number of rotatable bonds is 6. The number of carbonyl (C=O) groups excluding carboxylic acids is 1. The van der Waals surface area contributed by atoms with Crippen molar-refractivity contribution < 1.29 is 17.6 Å². The Morgan fingerprint density at radius 3 is 2.43 bits per heavy atom. The first-order valence-corrected chi connectivity index (χ1v) is 16.4. The molecule has 0 aliphatic carbocycles. The second-order valence-corrected chi connectivity index (χ2v) is 13.8. The molecule has 4 aromatic rings. The first-order chi connectivity index (χ1) is 20.7. The number of fused-ring (bicyclic) bond motifs is 1. The third kappa shape index (κ3) is 5.61. The van der Waals surface area contributed by atoms with Crippen molar-refractivity contribution in [2.45, 2.75) is 50.6 Å². The number of benzene rings is 2. The van der Waals surface area contributed by atoms with Gasteiger partial charge < -0.3 is 9.80 Å². The Kier molecular flexibility index (Phi) is 8.39. The molecule has 12 heteroatoms. The van der Waals surface area contributed by atoms with E-state index >= 15 is 0 Å². The van der Waals surface area contributed by atoms with Gasteiger partial charge in [0, 0.05) is 37.0 Å². The molecule has 2 aromatic carbocycles. The third-order valence-corrected chi connectivity index (χ3v) is 9.33. The van der Waals surface area contributed by atoms with Crippen LogP contribution in [-0.2, 0) is 14.6 Å². The Morgan fingerprint density at radius 2 is 1.80 bits per heavy atom. The van der Waals surface area contributed by atoms with E-state index in [0.29, 0.717) is 35.5 Å². The Bertz CT molecular complexity index is 1980. The number of piperazine rings is 1. The van der Waals surface area contributed by atoms with E-state index in [1.54, 1.807) is 41.3 Å². The maximum absolute atomic E-state index is 15.0. The molecule has 1 amide bonds. The quantitative estimate of drug-likeness (QED) is 0.262. The van der Waals surface area contributed by atoms with Crippen molar-refractivity contribution >= 4 is 44.2 Å². The summed E-state index contributed by atoms with van der Waals surface area (Å²) in [5.74, 6) is -0.562.